The predicted molar refractivity (Wildman–Crippen MR) is 147 cm³/mol. The number of nitrogens with one attached hydrogen (secondary N) is 1. The lowest BCUT2D eigenvalue weighted by Crippen LogP contribution is -2.33. The molecule has 0 bridgehead atoms. The number of primary amides is 1. The largest absolute Gasteiger partial charge is 0.431 e. The summed E-state index contributed by atoms with van der Waals surface area (Å²) in [5.41, 5.74) is 9.96. The molecule has 2 aromatic carbocycles. The highest BCUT2D eigenvalue weighted by atomic mass is 19.4. The molecule has 13 heteroatoms. The summed E-state index contributed by atoms with van der Waals surface area (Å²) in [6.45, 7) is 1.12. The molecule has 1 heterocycles. The predicted octanol–water partition coefficient (Wildman–Crippen LogP) is 5.31. The number of rotatable bonds is 8. The number of carbonyl (C=O) groups is 2. The van der Waals surface area contributed by atoms with Crippen molar-refractivity contribution in [1.82, 2.24) is 10.3 Å². The van der Waals surface area contributed by atoms with Crippen LogP contribution in [0.2, 0.25) is 0 Å². The van der Waals surface area contributed by atoms with Crippen LogP contribution in [-0.2, 0) is 11.2 Å². The van der Waals surface area contributed by atoms with Crippen molar-refractivity contribution in [3.05, 3.63) is 100 Å². The number of hydrogen-bond acceptors (Lipinski definition) is 5. The molecule has 1 aliphatic rings. The highest BCUT2D eigenvalue weighted by Gasteiger charge is 2.38. The van der Waals surface area contributed by atoms with Gasteiger partial charge in [-0.25, -0.2) is 13.2 Å². The van der Waals surface area contributed by atoms with Gasteiger partial charge in [-0.05, 0) is 66.6 Å². The van der Waals surface area contributed by atoms with E-state index >= 15 is 0 Å². The van der Waals surface area contributed by atoms with Gasteiger partial charge in [0.05, 0.1) is 17.3 Å². The Kier molecular flexibility index (Phi) is 9.22. The van der Waals surface area contributed by atoms with E-state index in [1.54, 1.807) is 19.1 Å². The van der Waals surface area contributed by atoms with Crippen molar-refractivity contribution in [3.63, 3.8) is 0 Å². The van der Waals surface area contributed by atoms with E-state index in [0.717, 1.165) is 18.2 Å². The summed E-state index contributed by atoms with van der Waals surface area (Å²) < 4.78 is 82.0. The summed E-state index contributed by atoms with van der Waals surface area (Å²) in [6.07, 6.45) is -3.07. The van der Waals surface area contributed by atoms with E-state index in [1.807, 2.05) is 0 Å². The van der Waals surface area contributed by atoms with E-state index in [2.05, 4.69) is 15.3 Å². The van der Waals surface area contributed by atoms with Crippen molar-refractivity contribution in [2.75, 3.05) is 6.54 Å². The summed E-state index contributed by atoms with van der Waals surface area (Å²) in [5, 5.41) is 2.70. The molecule has 7 nitrogen and oxygen atoms in total. The fourth-order valence-corrected chi connectivity index (χ4v) is 5.02. The fraction of sp³-hybridized carbons (Fsp3) is 0.267. The third-order valence-electron chi connectivity index (χ3n) is 7.04. The molecule has 1 saturated carbocycles. The van der Waals surface area contributed by atoms with E-state index in [9.17, 15) is 35.9 Å². The maximum absolute atomic E-state index is 14.2. The van der Waals surface area contributed by atoms with Crippen molar-refractivity contribution < 1.29 is 35.9 Å². The molecule has 3 aromatic rings. The van der Waals surface area contributed by atoms with Gasteiger partial charge >= 0.3 is 6.18 Å². The lowest BCUT2D eigenvalue weighted by Gasteiger charge is -2.22. The minimum Gasteiger partial charge on any atom is -0.394 e. The quantitative estimate of drug-likeness (QED) is 0.302. The van der Waals surface area contributed by atoms with E-state index in [0.29, 0.717) is 23.6 Å². The average molecular weight is 604 g/mol. The van der Waals surface area contributed by atoms with Gasteiger partial charge in [-0.1, -0.05) is 19.1 Å². The number of aromatic nitrogens is 1. The second kappa shape index (κ2) is 12.7. The van der Waals surface area contributed by atoms with Crippen LogP contribution in [0.5, 0.6) is 0 Å². The van der Waals surface area contributed by atoms with Crippen LogP contribution in [0.25, 0.3) is 11.1 Å². The lowest BCUT2D eigenvalue weighted by molar-refractivity contribution is -0.120. The Hall–Kier alpha value is -4.68. The molecule has 0 aliphatic heterocycles. The van der Waals surface area contributed by atoms with E-state index in [-0.39, 0.29) is 46.9 Å². The molecular formula is C30H27F6N5O2. The maximum Gasteiger partial charge on any atom is 0.431 e. The van der Waals surface area contributed by atoms with E-state index < -0.39 is 53.7 Å². The number of aliphatic imine (C=N–C) groups is 1. The first kappa shape index (κ1) is 31.3. The molecule has 2 atom stereocenters. The third-order valence-corrected chi connectivity index (χ3v) is 7.04. The zero-order valence-corrected chi connectivity index (χ0v) is 22.8. The summed E-state index contributed by atoms with van der Waals surface area (Å²) in [6, 6.07) is 8.56. The van der Waals surface area contributed by atoms with Gasteiger partial charge in [0, 0.05) is 29.1 Å². The third kappa shape index (κ3) is 7.40. The molecule has 0 unspecified atom stereocenters. The molecule has 2 amide bonds. The number of alkyl halides is 3. The minimum absolute atomic E-state index is 0.0585. The topological polar surface area (TPSA) is 123 Å². The van der Waals surface area contributed by atoms with E-state index in [4.69, 9.17) is 11.5 Å². The zero-order valence-electron chi connectivity index (χ0n) is 22.8. The Morgan fingerprint density at radius 2 is 1.77 bits per heavy atom. The van der Waals surface area contributed by atoms with Crippen LogP contribution in [0.3, 0.4) is 0 Å². The Labute approximate surface area is 242 Å². The van der Waals surface area contributed by atoms with Crippen LogP contribution in [0.4, 0.5) is 26.3 Å². The standard InChI is InChI=1S/C30H27F6N5O2/c1-15-4-6-21(28(37)30(34,35)36)26(15)40-14-25(42)41-24(11-16-9-18(31)13-19(32)10-16)27-20(3-2-8-39-27)17-5-7-23(33)22(12-17)29(38)43/h2-3,5,7-10,12-13,15,24H,4,6,11,14,37H2,1H3,(H2,38,43)(H,41,42)/t15-,24+/m1/s1. The summed E-state index contributed by atoms with van der Waals surface area (Å²) in [4.78, 5) is 33.4. The van der Waals surface area contributed by atoms with Crippen molar-refractivity contribution in [2.45, 2.75) is 38.4 Å². The molecule has 4 rings (SSSR count). The molecule has 0 radical (unpaired) electrons. The van der Waals surface area contributed by atoms with Gasteiger partial charge in [-0.2, -0.15) is 13.2 Å². The van der Waals surface area contributed by atoms with Gasteiger partial charge in [-0.3, -0.25) is 19.6 Å². The van der Waals surface area contributed by atoms with Crippen LogP contribution >= 0.6 is 0 Å². The lowest BCUT2D eigenvalue weighted by atomic mass is 9.94. The van der Waals surface area contributed by atoms with Crippen LogP contribution < -0.4 is 16.8 Å². The van der Waals surface area contributed by atoms with E-state index in [1.165, 1.54) is 18.3 Å². The average Bonchev–Trinajstić information content (AvgIpc) is 3.30. The Balaban J connectivity index is 1.71. The maximum atomic E-state index is 14.2. The molecular weight excluding hydrogens is 576 g/mol. The number of amides is 2. The first-order valence-electron chi connectivity index (χ1n) is 13.1. The molecule has 1 fully saturated rings. The number of carbonyl (C=O) groups excluding carboxylic acids is 2. The van der Waals surface area contributed by atoms with Gasteiger partial charge in [0.15, 0.2) is 0 Å². The van der Waals surface area contributed by atoms with Gasteiger partial charge in [0.25, 0.3) is 5.91 Å². The second-order valence-electron chi connectivity index (χ2n) is 10.1. The zero-order chi connectivity index (χ0) is 31.5. The molecule has 43 heavy (non-hydrogen) atoms. The first-order chi connectivity index (χ1) is 20.2. The van der Waals surface area contributed by atoms with Gasteiger partial charge in [-0.15, -0.1) is 0 Å². The second-order valence-corrected chi connectivity index (χ2v) is 10.1. The number of hydrogen-bond donors (Lipinski definition) is 3. The number of nitrogens with two attached hydrogens (primary N) is 2. The van der Waals surface area contributed by atoms with Crippen molar-refractivity contribution in [1.29, 1.82) is 0 Å². The monoisotopic (exact) mass is 603 g/mol. The first-order valence-corrected chi connectivity index (χ1v) is 13.1. The molecule has 5 N–H and O–H groups in total. The summed E-state index contributed by atoms with van der Waals surface area (Å²) in [5.74, 6) is -4.64. The van der Waals surface area contributed by atoms with Gasteiger partial charge in [0.2, 0.25) is 5.91 Å². The molecule has 1 aromatic heterocycles. The Morgan fingerprint density at radius 3 is 2.42 bits per heavy atom. The molecule has 1 aliphatic carbocycles. The Morgan fingerprint density at radius 1 is 1.07 bits per heavy atom. The highest BCUT2D eigenvalue weighted by Crippen LogP contribution is 2.35. The Bertz CT molecular complexity index is 1600. The van der Waals surface area contributed by atoms with Crippen molar-refractivity contribution in [3.8, 4) is 11.1 Å². The number of halogens is 6. The number of nitrogens with zero attached hydrogens (tertiary/aromatic N) is 2. The van der Waals surface area contributed by atoms with Crippen LogP contribution in [0.15, 0.2) is 71.0 Å². The smallest absolute Gasteiger partial charge is 0.394 e. The number of benzene rings is 2. The van der Waals surface area contributed by atoms with Gasteiger partial charge < -0.3 is 16.8 Å². The summed E-state index contributed by atoms with van der Waals surface area (Å²) in [7, 11) is 0. The van der Waals surface area contributed by atoms with Crippen LogP contribution in [-0.4, -0.2) is 35.2 Å². The van der Waals surface area contributed by atoms with Crippen LogP contribution in [0, 0.1) is 23.4 Å². The normalized spacial score (nSPS) is 18.0. The fourth-order valence-electron chi connectivity index (χ4n) is 5.02. The van der Waals surface area contributed by atoms with Crippen LogP contribution in [0.1, 0.15) is 47.4 Å². The number of allylic oxidation sites excluding steroid dienone is 2. The molecule has 0 spiro atoms. The number of pyridine rings is 1. The molecule has 226 valence electrons. The summed E-state index contributed by atoms with van der Waals surface area (Å²) >= 11 is 0. The van der Waals surface area contributed by atoms with Crippen molar-refractivity contribution in [2.24, 2.45) is 22.4 Å². The molecule has 0 saturated heterocycles. The SMILES string of the molecule is C[C@@H]1CCC(=C(N)C(F)(F)F)C1=NCC(=O)N[C@@H](Cc1cc(F)cc(F)c1)c1ncccc1-c1ccc(F)c(C(N)=O)c1. The van der Waals surface area contributed by atoms with Gasteiger partial charge in [0.1, 0.15) is 29.7 Å². The highest BCUT2D eigenvalue weighted by molar-refractivity contribution is 6.05. The van der Waals surface area contributed by atoms with Crippen molar-refractivity contribution >= 4 is 17.5 Å². The minimum atomic E-state index is -4.75.